The number of rotatable bonds is 6. The van der Waals surface area contributed by atoms with E-state index in [4.69, 9.17) is 14.6 Å². The molecule has 5 nitrogen and oxygen atoms in total. The van der Waals surface area contributed by atoms with E-state index in [0.29, 0.717) is 0 Å². The van der Waals surface area contributed by atoms with Crippen LogP contribution in [-0.2, 0) is 14.3 Å². The number of hydrogen-bond acceptors (Lipinski definition) is 4. The molecule has 0 saturated carbocycles. The van der Waals surface area contributed by atoms with Crippen molar-refractivity contribution in [2.75, 3.05) is 26.3 Å². The molecule has 2 aliphatic rings. The van der Waals surface area contributed by atoms with Crippen LogP contribution in [0, 0.1) is 0 Å². The molecule has 0 bridgehead atoms. The van der Waals surface area contributed by atoms with Crippen LogP contribution in [0.25, 0.3) is 0 Å². The summed E-state index contributed by atoms with van der Waals surface area (Å²) in [7, 11) is 0. The van der Waals surface area contributed by atoms with Crippen molar-refractivity contribution in [2.24, 2.45) is 0 Å². The van der Waals surface area contributed by atoms with Crippen LogP contribution >= 0.6 is 0 Å². The molecule has 2 saturated heterocycles. The minimum absolute atomic E-state index is 0.0390. The molecule has 0 aromatic carbocycles. The van der Waals surface area contributed by atoms with Gasteiger partial charge >= 0.3 is 5.97 Å². The molecule has 0 aromatic heterocycles. The third kappa shape index (κ3) is 3.02. The maximum absolute atomic E-state index is 10.5. The topological polar surface area (TPSA) is 59.0 Å². The highest BCUT2D eigenvalue weighted by Gasteiger charge is 2.49. The van der Waals surface area contributed by atoms with Gasteiger partial charge in [-0.15, -0.1) is 0 Å². The van der Waals surface area contributed by atoms with Crippen LogP contribution in [0.15, 0.2) is 0 Å². The number of hydrogen-bond donors (Lipinski definition) is 1. The van der Waals surface area contributed by atoms with Crippen molar-refractivity contribution in [3.05, 3.63) is 0 Å². The number of carboxylic acid groups (broad SMARTS) is 1. The average molecular weight is 257 g/mol. The Hall–Kier alpha value is -0.650. The number of fused-ring (bicyclic) bond motifs is 1. The van der Waals surface area contributed by atoms with Crippen molar-refractivity contribution < 1.29 is 19.4 Å². The molecule has 0 aromatic rings. The fourth-order valence-corrected chi connectivity index (χ4v) is 3.09. The molecule has 104 valence electrons. The summed E-state index contributed by atoms with van der Waals surface area (Å²) in [6.07, 6.45) is 3.50. The minimum Gasteiger partial charge on any atom is -0.480 e. The summed E-state index contributed by atoms with van der Waals surface area (Å²) in [4.78, 5) is 13.0. The third-order valence-electron chi connectivity index (χ3n) is 3.90. The van der Waals surface area contributed by atoms with Crippen LogP contribution in [0.2, 0.25) is 0 Å². The first-order chi connectivity index (χ1) is 8.52. The van der Waals surface area contributed by atoms with Gasteiger partial charge in [0.2, 0.25) is 0 Å². The first kappa shape index (κ1) is 13.8. The summed E-state index contributed by atoms with van der Waals surface area (Å²) in [6, 6.07) is 0. The van der Waals surface area contributed by atoms with E-state index in [1.807, 2.05) is 13.8 Å². The Bertz CT molecular complexity index is 307. The smallest absolute Gasteiger partial charge is 0.329 e. The Morgan fingerprint density at radius 1 is 1.56 bits per heavy atom. The van der Waals surface area contributed by atoms with Crippen LogP contribution in [0.5, 0.6) is 0 Å². The molecule has 2 unspecified atom stereocenters. The summed E-state index contributed by atoms with van der Waals surface area (Å²) >= 11 is 0. The number of ether oxygens (including phenoxy) is 2. The fourth-order valence-electron chi connectivity index (χ4n) is 3.09. The molecule has 0 spiro atoms. The standard InChI is InChI=1S/C13H23NO4/c1-10(2)18-9-13-4-3-5-14(13)7-11(6-13)17-8-12(15)16/h10-11H,3-9H2,1-2H3,(H,15,16). The van der Waals surface area contributed by atoms with Crippen LogP contribution in [0.4, 0.5) is 0 Å². The Labute approximate surface area is 108 Å². The van der Waals surface area contributed by atoms with Gasteiger partial charge in [-0.2, -0.15) is 0 Å². The number of carbonyl (C=O) groups is 1. The van der Waals surface area contributed by atoms with Gasteiger partial charge in [0, 0.05) is 12.1 Å². The van der Waals surface area contributed by atoms with E-state index >= 15 is 0 Å². The van der Waals surface area contributed by atoms with Crippen molar-refractivity contribution in [3.8, 4) is 0 Å². The van der Waals surface area contributed by atoms with Crippen molar-refractivity contribution in [1.29, 1.82) is 0 Å². The van der Waals surface area contributed by atoms with E-state index in [9.17, 15) is 4.79 Å². The zero-order valence-corrected chi connectivity index (χ0v) is 11.2. The van der Waals surface area contributed by atoms with E-state index < -0.39 is 5.97 Å². The highest BCUT2D eigenvalue weighted by Crippen LogP contribution is 2.40. The molecular formula is C13H23NO4. The fraction of sp³-hybridized carbons (Fsp3) is 0.923. The van der Waals surface area contributed by atoms with E-state index in [1.165, 1.54) is 6.42 Å². The lowest BCUT2D eigenvalue weighted by Gasteiger charge is -2.32. The Morgan fingerprint density at radius 3 is 3.00 bits per heavy atom. The van der Waals surface area contributed by atoms with Gasteiger partial charge < -0.3 is 14.6 Å². The summed E-state index contributed by atoms with van der Waals surface area (Å²) < 4.78 is 11.2. The van der Waals surface area contributed by atoms with Crippen LogP contribution in [0.1, 0.15) is 33.1 Å². The van der Waals surface area contributed by atoms with E-state index in [1.54, 1.807) is 0 Å². The maximum atomic E-state index is 10.5. The largest absolute Gasteiger partial charge is 0.480 e. The summed E-state index contributed by atoms with van der Waals surface area (Å²) in [5.74, 6) is -0.894. The highest BCUT2D eigenvalue weighted by atomic mass is 16.5. The van der Waals surface area contributed by atoms with Gasteiger partial charge in [0.1, 0.15) is 6.61 Å². The normalized spacial score (nSPS) is 32.1. The van der Waals surface area contributed by atoms with Crippen molar-refractivity contribution in [2.45, 2.75) is 50.9 Å². The van der Waals surface area contributed by atoms with Gasteiger partial charge in [-0.25, -0.2) is 4.79 Å². The molecule has 0 amide bonds. The lowest BCUT2D eigenvalue weighted by Crippen LogP contribution is -2.43. The Kier molecular flexibility index (Phi) is 4.25. The molecule has 0 aliphatic carbocycles. The van der Waals surface area contributed by atoms with E-state index in [-0.39, 0.29) is 24.4 Å². The lowest BCUT2D eigenvalue weighted by molar-refractivity contribution is -0.144. The molecule has 2 atom stereocenters. The molecule has 2 fully saturated rings. The molecule has 2 heterocycles. The van der Waals surface area contributed by atoms with Crippen molar-refractivity contribution in [1.82, 2.24) is 4.90 Å². The first-order valence-electron chi connectivity index (χ1n) is 6.72. The zero-order chi connectivity index (χ0) is 13.2. The van der Waals surface area contributed by atoms with Gasteiger partial charge in [-0.05, 0) is 39.7 Å². The number of aliphatic carboxylic acids is 1. The van der Waals surface area contributed by atoms with Gasteiger partial charge in [0.15, 0.2) is 0 Å². The van der Waals surface area contributed by atoms with Crippen molar-refractivity contribution in [3.63, 3.8) is 0 Å². The minimum atomic E-state index is -0.894. The van der Waals surface area contributed by atoms with Gasteiger partial charge in [0.05, 0.1) is 18.8 Å². The molecule has 1 N–H and O–H groups in total. The lowest BCUT2D eigenvalue weighted by atomic mass is 9.94. The maximum Gasteiger partial charge on any atom is 0.329 e. The molecule has 2 aliphatic heterocycles. The summed E-state index contributed by atoms with van der Waals surface area (Å²) in [5.41, 5.74) is 0.0907. The van der Waals surface area contributed by atoms with Crippen LogP contribution < -0.4 is 0 Å². The highest BCUT2D eigenvalue weighted by molar-refractivity contribution is 5.68. The van der Waals surface area contributed by atoms with Crippen LogP contribution in [0.3, 0.4) is 0 Å². The van der Waals surface area contributed by atoms with Crippen LogP contribution in [-0.4, -0.2) is 60.0 Å². The van der Waals surface area contributed by atoms with Crippen molar-refractivity contribution >= 4 is 5.97 Å². The second kappa shape index (κ2) is 5.55. The van der Waals surface area contributed by atoms with Gasteiger partial charge in [-0.1, -0.05) is 0 Å². The Balaban J connectivity index is 1.90. The van der Waals surface area contributed by atoms with E-state index in [2.05, 4.69) is 4.90 Å². The monoisotopic (exact) mass is 257 g/mol. The zero-order valence-electron chi connectivity index (χ0n) is 11.2. The summed E-state index contributed by atoms with van der Waals surface area (Å²) in [5, 5.41) is 8.65. The first-order valence-corrected chi connectivity index (χ1v) is 6.72. The van der Waals surface area contributed by atoms with E-state index in [0.717, 1.165) is 32.5 Å². The molecular weight excluding hydrogens is 234 g/mol. The molecule has 2 rings (SSSR count). The predicted molar refractivity (Wildman–Crippen MR) is 66.6 cm³/mol. The average Bonchev–Trinajstić information content (AvgIpc) is 2.79. The van der Waals surface area contributed by atoms with Gasteiger partial charge in [-0.3, -0.25) is 4.90 Å². The Morgan fingerprint density at radius 2 is 2.33 bits per heavy atom. The SMILES string of the molecule is CC(C)OCC12CCCN1CC(OCC(=O)O)C2. The van der Waals surface area contributed by atoms with Gasteiger partial charge in [0.25, 0.3) is 0 Å². The third-order valence-corrected chi connectivity index (χ3v) is 3.90. The molecule has 5 heteroatoms. The molecule has 18 heavy (non-hydrogen) atoms. The predicted octanol–water partition coefficient (Wildman–Crippen LogP) is 1.12. The summed E-state index contributed by atoms with van der Waals surface area (Å²) in [6.45, 7) is 6.55. The second-order valence-electron chi connectivity index (χ2n) is 5.66. The quantitative estimate of drug-likeness (QED) is 0.772. The number of carboxylic acids is 1. The number of nitrogens with zero attached hydrogens (tertiary/aromatic N) is 1. The second-order valence-corrected chi connectivity index (χ2v) is 5.66. The molecule has 0 radical (unpaired) electrons.